The Hall–Kier alpha value is -2.68. The lowest BCUT2D eigenvalue weighted by Gasteiger charge is -2.41. The maximum Gasteiger partial charge on any atom is 0.247 e. The van der Waals surface area contributed by atoms with Gasteiger partial charge in [-0.1, -0.05) is 24.3 Å². The van der Waals surface area contributed by atoms with Crippen LogP contribution in [0.1, 0.15) is 50.0 Å². The van der Waals surface area contributed by atoms with Crippen molar-refractivity contribution in [2.45, 2.75) is 68.8 Å². The van der Waals surface area contributed by atoms with Crippen LogP contribution in [0.2, 0.25) is 0 Å². The molecule has 2 amide bonds. The number of unbranched alkanes of at least 4 members (excludes halogenated alkanes) is 2. The summed E-state index contributed by atoms with van der Waals surface area (Å²) in [4.78, 5) is 28.3. The Morgan fingerprint density at radius 1 is 1.26 bits per heavy atom. The van der Waals surface area contributed by atoms with Gasteiger partial charge < -0.3 is 29.9 Å². The third-order valence-electron chi connectivity index (χ3n) is 7.03. The summed E-state index contributed by atoms with van der Waals surface area (Å²) < 4.78 is 12.0. The van der Waals surface area contributed by atoms with Gasteiger partial charge in [-0.05, 0) is 44.2 Å². The number of benzene rings is 1. The number of rotatable bonds is 11. The number of ether oxygens (including phenoxy) is 2. The molecule has 8 nitrogen and oxygen atoms in total. The van der Waals surface area contributed by atoms with Gasteiger partial charge >= 0.3 is 0 Å². The number of hydrogen-bond donors (Lipinski definition) is 3. The zero-order valence-corrected chi connectivity index (χ0v) is 20.1. The molecule has 0 spiro atoms. The number of aliphatic hydroxyl groups is 2. The topological polar surface area (TPSA) is 108 Å². The van der Waals surface area contributed by atoms with Crippen LogP contribution in [0.4, 0.5) is 0 Å². The molecule has 2 heterocycles. The van der Waals surface area contributed by atoms with Crippen molar-refractivity contribution in [2.75, 3.05) is 26.3 Å². The summed E-state index contributed by atoms with van der Waals surface area (Å²) in [5, 5.41) is 23.5. The van der Waals surface area contributed by atoms with Gasteiger partial charge in [0.2, 0.25) is 11.8 Å². The van der Waals surface area contributed by atoms with Gasteiger partial charge in [0.15, 0.2) is 0 Å². The van der Waals surface area contributed by atoms with E-state index in [1.807, 2.05) is 30.3 Å². The highest BCUT2D eigenvalue weighted by Gasteiger charge is 2.50. The second-order valence-electron chi connectivity index (χ2n) is 9.40. The minimum absolute atomic E-state index is 0.0751. The van der Waals surface area contributed by atoms with Crippen LogP contribution in [-0.2, 0) is 14.3 Å². The van der Waals surface area contributed by atoms with Crippen molar-refractivity contribution in [3.05, 3.63) is 54.1 Å². The lowest BCUT2D eigenvalue weighted by atomic mass is 9.77. The van der Waals surface area contributed by atoms with Gasteiger partial charge in [0.1, 0.15) is 18.0 Å². The summed E-state index contributed by atoms with van der Waals surface area (Å²) >= 11 is 0. The summed E-state index contributed by atoms with van der Waals surface area (Å²) in [5.74, 6) is -0.233. The van der Waals surface area contributed by atoms with E-state index in [0.717, 1.165) is 37.7 Å². The predicted octanol–water partition coefficient (Wildman–Crippen LogP) is 2.06. The normalized spacial score (nSPS) is 26.8. The average molecular weight is 485 g/mol. The molecule has 1 aromatic carbocycles. The first-order valence-electron chi connectivity index (χ1n) is 12.6. The largest absolute Gasteiger partial charge is 0.486 e. The Morgan fingerprint density at radius 2 is 2.09 bits per heavy atom. The first-order chi connectivity index (χ1) is 17.0. The van der Waals surface area contributed by atoms with Crippen LogP contribution in [0.3, 0.4) is 0 Å². The van der Waals surface area contributed by atoms with E-state index in [1.54, 1.807) is 11.0 Å². The molecule has 3 N–H and O–H groups in total. The Morgan fingerprint density at radius 3 is 2.83 bits per heavy atom. The number of nitrogens with one attached hydrogen (secondary N) is 1. The summed E-state index contributed by atoms with van der Waals surface area (Å²) in [7, 11) is 0. The SMILES string of the molecule is C=CCCCCC(=O)N(C[C@@H]1CCCO1)[C@@H]1C=C(C(=O)NCCO)[C@@H]2c3ccccc3O[C@@H]2[C@H]1O. The van der Waals surface area contributed by atoms with Gasteiger partial charge in [0, 0.05) is 37.3 Å². The monoisotopic (exact) mass is 484 g/mol. The van der Waals surface area contributed by atoms with Gasteiger partial charge in [-0.15, -0.1) is 6.58 Å². The first kappa shape index (κ1) is 25.4. The zero-order valence-electron chi connectivity index (χ0n) is 20.1. The fourth-order valence-corrected chi connectivity index (χ4v) is 5.30. The molecule has 4 rings (SSSR count). The summed E-state index contributed by atoms with van der Waals surface area (Å²) in [6.45, 7) is 4.69. The van der Waals surface area contributed by atoms with E-state index in [2.05, 4.69) is 11.9 Å². The highest BCUT2D eigenvalue weighted by molar-refractivity contribution is 5.96. The molecule has 35 heavy (non-hydrogen) atoms. The summed E-state index contributed by atoms with van der Waals surface area (Å²) in [6, 6.07) is 6.73. The molecule has 8 heteroatoms. The summed E-state index contributed by atoms with van der Waals surface area (Å²) in [5.41, 5.74) is 1.28. The summed E-state index contributed by atoms with van der Waals surface area (Å²) in [6.07, 6.45) is 6.32. The fraction of sp³-hybridized carbons (Fsp3) is 0.556. The third kappa shape index (κ3) is 5.60. The molecular formula is C27H36N2O6. The number of carbonyl (C=O) groups is 2. The van der Waals surface area contributed by atoms with Crippen molar-refractivity contribution in [1.29, 1.82) is 0 Å². The quantitative estimate of drug-likeness (QED) is 0.328. The van der Waals surface area contributed by atoms with E-state index in [-0.39, 0.29) is 31.1 Å². The molecule has 3 aliphatic rings. The molecule has 0 saturated carbocycles. The minimum atomic E-state index is -1.01. The molecule has 1 aliphatic carbocycles. The van der Waals surface area contributed by atoms with Crippen molar-refractivity contribution in [2.24, 2.45) is 0 Å². The van der Waals surface area contributed by atoms with Crippen LogP contribution in [0, 0.1) is 0 Å². The zero-order chi connectivity index (χ0) is 24.8. The van der Waals surface area contributed by atoms with Crippen molar-refractivity contribution < 1.29 is 29.3 Å². The van der Waals surface area contributed by atoms with E-state index in [9.17, 15) is 19.8 Å². The molecule has 2 aliphatic heterocycles. The molecule has 1 saturated heterocycles. The first-order valence-corrected chi connectivity index (χ1v) is 12.6. The number of nitrogens with zero attached hydrogens (tertiary/aromatic N) is 1. The molecule has 5 atom stereocenters. The molecule has 0 bridgehead atoms. The van der Waals surface area contributed by atoms with Crippen LogP contribution in [0.5, 0.6) is 5.75 Å². The van der Waals surface area contributed by atoms with E-state index in [1.165, 1.54) is 0 Å². The number of carbonyl (C=O) groups excluding carboxylic acids is 2. The number of para-hydroxylation sites is 1. The number of fused-ring (bicyclic) bond motifs is 3. The van der Waals surface area contributed by atoms with Crippen LogP contribution < -0.4 is 10.1 Å². The number of aliphatic hydroxyl groups excluding tert-OH is 2. The van der Waals surface area contributed by atoms with Crippen LogP contribution in [-0.4, -0.2) is 77.6 Å². The molecular weight excluding hydrogens is 448 g/mol. The Labute approximate surface area is 206 Å². The third-order valence-corrected chi connectivity index (χ3v) is 7.03. The average Bonchev–Trinajstić information content (AvgIpc) is 3.52. The van der Waals surface area contributed by atoms with Crippen LogP contribution >= 0.6 is 0 Å². The predicted molar refractivity (Wildman–Crippen MR) is 131 cm³/mol. The maximum atomic E-state index is 13.4. The van der Waals surface area contributed by atoms with Crippen LogP contribution in [0.25, 0.3) is 0 Å². The van der Waals surface area contributed by atoms with Gasteiger partial charge in [-0.25, -0.2) is 0 Å². The molecule has 1 fully saturated rings. The smallest absolute Gasteiger partial charge is 0.247 e. The van der Waals surface area contributed by atoms with Crippen molar-refractivity contribution in [3.8, 4) is 5.75 Å². The molecule has 0 aromatic heterocycles. The second-order valence-corrected chi connectivity index (χ2v) is 9.40. The van der Waals surface area contributed by atoms with E-state index < -0.39 is 24.2 Å². The molecule has 0 unspecified atom stereocenters. The van der Waals surface area contributed by atoms with Gasteiger partial charge in [-0.3, -0.25) is 9.59 Å². The van der Waals surface area contributed by atoms with Crippen LogP contribution in [0.15, 0.2) is 48.6 Å². The number of hydrogen-bond acceptors (Lipinski definition) is 6. The standard InChI is InChI=1S/C27H36N2O6/c1-2-3-4-5-12-23(31)29(17-18-9-8-15-34-18)21-16-20(27(33)28-13-14-30)24-19-10-6-7-11-22(19)35-26(24)25(21)32/h2,6-7,10-11,16,18,21,24-26,30,32H,1,3-5,8-9,12-15,17H2,(H,28,33)/t18-,21+,24-,25-,26-/m0/s1. The number of allylic oxidation sites excluding steroid dienone is 1. The Kier molecular flexibility index (Phi) is 8.59. The van der Waals surface area contributed by atoms with Crippen molar-refractivity contribution >= 4 is 11.8 Å². The second kappa shape index (κ2) is 11.8. The highest BCUT2D eigenvalue weighted by atomic mass is 16.5. The van der Waals surface area contributed by atoms with Crippen molar-refractivity contribution in [3.63, 3.8) is 0 Å². The minimum Gasteiger partial charge on any atom is -0.486 e. The molecule has 190 valence electrons. The Balaban J connectivity index is 1.66. The van der Waals surface area contributed by atoms with Gasteiger partial charge in [0.05, 0.1) is 24.7 Å². The van der Waals surface area contributed by atoms with Gasteiger partial charge in [-0.2, -0.15) is 0 Å². The lowest BCUT2D eigenvalue weighted by Crippen LogP contribution is -2.57. The molecule has 0 radical (unpaired) electrons. The van der Waals surface area contributed by atoms with Crippen molar-refractivity contribution in [1.82, 2.24) is 10.2 Å². The highest BCUT2D eigenvalue weighted by Crippen LogP contribution is 2.47. The molecule has 1 aromatic rings. The van der Waals surface area contributed by atoms with E-state index in [0.29, 0.717) is 30.9 Å². The number of amides is 2. The Bertz CT molecular complexity index is 941. The lowest BCUT2D eigenvalue weighted by molar-refractivity contribution is -0.139. The van der Waals surface area contributed by atoms with E-state index in [4.69, 9.17) is 9.47 Å². The maximum absolute atomic E-state index is 13.4. The van der Waals surface area contributed by atoms with Gasteiger partial charge in [0.25, 0.3) is 0 Å². The van der Waals surface area contributed by atoms with E-state index >= 15 is 0 Å². The fourth-order valence-electron chi connectivity index (χ4n) is 5.30.